The minimum atomic E-state index is -1.73. The van der Waals surface area contributed by atoms with Crippen LogP contribution in [-0.2, 0) is 12.5 Å². The molecule has 6 rings (SSSR count). The summed E-state index contributed by atoms with van der Waals surface area (Å²) in [5.41, 5.74) is 10.0. The van der Waals surface area contributed by atoms with E-state index >= 15 is 0 Å². The van der Waals surface area contributed by atoms with Gasteiger partial charge in [-0.2, -0.15) is 0 Å². The largest absolute Gasteiger partial charge is 0.213 e. The van der Waals surface area contributed by atoms with Gasteiger partial charge in [-0.15, -0.1) is 0 Å². The number of aromatic nitrogens is 1. The average molecular weight is 461 g/mol. The van der Waals surface area contributed by atoms with Crippen molar-refractivity contribution in [3.63, 3.8) is 0 Å². The maximum Gasteiger partial charge on any atom is 0.213 e. The number of aryl methyl sites for hydroxylation is 2. The van der Waals surface area contributed by atoms with E-state index in [0.717, 1.165) is 0 Å². The van der Waals surface area contributed by atoms with Crippen molar-refractivity contribution >= 4 is 18.4 Å². The zero-order valence-electron chi connectivity index (χ0n) is 20.9. The van der Waals surface area contributed by atoms with Gasteiger partial charge in [0.25, 0.3) is 0 Å². The molecule has 0 unspecified atom stereocenters. The second-order valence-electron chi connectivity index (χ2n) is 10.9. The van der Waals surface area contributed by atoms with Crippen LogP contribution in [0.3, 0.4) is 0 Å². The van der Waals surface area contributed by atoms with E-state index < -0.39 is 8.07 Å². The molecule has 1 aliphatic heterocycles. The normalized spacial score (nSPS) is 17.4. The predicted molar refractivity (Wildman–Crippen MR) is 146 cm³/mol. The summed E-state index contributed by atoms with van der Waals surface area (Å²) in [7, 11) is 0.416. The summed E-state index contributed by atoms with van der Waals surface area (Å²) >= 11 is 0. The molecule has 1 aliphatic carbocycles. The van der Waals surface area contributed by atoms with Crippen molar-refractivity contribution in [2.24, 2.45) is 7.05 Å². The molecule has 3 aromatic carbocycles. The highest BCUT2D eigenvalue weighted by Gasteiger charge is 2.48. The molecular formula is C32H34NSi+. The van der Waals surface area contributed by atoms with Crippen molar-refractivity contribution in [2.75, 3.05) is 0 Å². The molecule has 34 heavy (non-hydrogen) atoms. The molecule has 1 aromatic heterocycles. The molecule has 1 saturated carbocycles. The Morgan fingerprint density at radius 1 is 0.735 bits per heavy atom. The molecule has 2 heterocycles. The van der Waals surface area contributed by atoms with Gasteiger partial charge in [-0.1, -0.05) is 97.0 Å². The summed E-state index contributed by atoms with van der Waals surface area (Å²) in [5, 5.41) is 3.31. The van der Waals surface area contributed by atoms with Crippen molar-refractivity contribution in [1.82, 2.24) is 0 Å². The molecular weight excluding hydrogens is 426 g/mol. The lowest BCUT2D eigenvalue weighted by molar-refractivity contribution is -0.660. The molecule has 0 atom stereocenters. The monoisotopic (exact) mass is 460 g/mol. The van der Waals surface area contributed by atoms with Crippen LogP contribution < -0.4 is 14.9 Å². The Kier molecular flexibility index (Phi) is 4.93. The lowest BCUT2D eigenvalue weighted by atomic mass is 9.72. The topological polar surface area (TPSA) is 3.88 Å². The average Bonchev–Trinajstić information content (AvgIpc) is 3.35. The standard InChI is InChI=1S/C32H34NSi/c1-23-11-5-6-12-26(23)29-22-25(17-20-33(29)2)24-15-16-31-28(21-24)32(18-9-10-19-32)27-13-7-8-14-30(27)34(31,3)4/h5-8,11-17,20-22H,9-10,18-19H2,1-4H3/q+1. The summed E-state index contributed by atoms with van der Waals surface area (Å²) in [5.74, 6) is 0. The van der Waals surface area contributed by atoms with Gasteiger partial charge in [0, 0.05) is 23.1 Å². The van der Waals surface area contributed by atoms with Gasteiger partial charge in [0.2, 0.25) is 5.69 Å². The van der Waals surface area contributed by atoms with E-state index in [1.54, 1.807) is 21.5 Å². The smallest absolute Gasteiger partial charge is 0.201 e. The van der Waals surface area contributed by atoms with Crippen LogP contribution in [-0.4, -0.2) is 8.07 Å². The van der Waals surface area contributed by atoms with E-state index in [9.17, 15) is 0 Å². The summed E-state index contributed by atoms with van der Waals surface area (Å²) in [6.45, 7) is 7.30. The van der Waals surface area contributed by atoms with Gasteiger partial charge in [0.05, 0.1) is 0 Å². The van der Waals surface area contributed by atoms with E-state index in [0.29, 0.717) is 0 Å². The van der Waals surface area contributed by atoms with Crippen molar-refractivity contribution < 1.29 is 4.57 Å². The number of fused-ring (bicyclic) bond motifs is 4. The number of hydrogen-bond donors (Lipinski definition) is 0. The van der Waals surface area contributed by atoms with Crippen LogP contribution >= 0.6 is 0 Å². The highest BCUT2D eigenvalue weighted by Crippen LogP contribution is 2.48. The lowest BCUT2D eigenvalue weighted by Crippen LogP contribution is -2.62. The number of pyridine rings is 1. The molecule has 1 fully saturated rings. The first-order valence-corrected chi connectivity index (χ1v) is 15.7. The third kappa shape index (κ3) is 3.08. The van der Waals surface area contributed by atoms with Crippen LogP contribution in [0.25, 0.3) is 22.4 Å². The molecule has 1 nitrogen and oxygen atoms in total. The van der Waals surface area contributed by atoms with E-state index in [2.05, 4.69) is 117 Å². The van der Waals surface area contributed by atoms with E-state index in [1.807, 2.05) is 0 Å². The summed E-state index contributed by atoms with van der Waals surface area (Å²) < 4.78 is 2.25. The van der Waals surface area contributed by atoms with Gasteiger partial charge >= 0.3 is 0 Å². The van der Waals surface area contributed by atoms with Crippen LogP contribution in [0.1, 0.15) is 42.4 Å². The molecule has 0 bridgehead atoms. The Bertz CT molecular complexity index is 1410. The molecule has 0 radical (unpaired) electrons. The second kappa shape index (κ2) is 7.78. The number of hydrogen-bond acceptors (Lipinski definition) is 0. The lowest BCUT2D eigenvalue weighted by Gasteiger charge is -2.45. The Hall–Kier alpha value is -2.97. The van der Waals surface area contributed by atoms with Gasteiger partial charge in [-0.05, 0) is 53.6 Å². The zero-order chi connectivity index (χ0) is 23.5. The Morgan fingerprint density at radius 3 is 2.21 bits per heavy atom. The third-order valence-corrected chi connectivity index (χ3v) is 12.3. The van der Waals surface area contributed by atoms with E-state index in [4.69, 9.17) is 0 Å². The quantitative estimate of drug-likeness (QED) is 0.249. The van der Waals surface area contributed by atoms with Gasteiger partial charge < -0.3 is 0 Å². The number of nitrogens with zero attached hydrogens (tertiary/aromatic N) is 1. The highest BCUT2D eigenvalue weighted by atomic mass is 28.3. The first-order valence-electron chi connectivity index (χ1n) is 12.7. The highest BCUT2D eigenvalue weighted by molar-refractivity contribution is 7.01. The Labute approximate surface area is 205 Å². The van der Waals surface area contributed by atoms with Crippen LogP contribution in [0, 0.1) is 6.92 Å². The van der Waals surface area contributed by atoms with Crippen molar-refractivity contribution in [3.05, 3.63) is 102 Å². The molecule has 2 aliphatic rings. The molecule has 2 heteroatoms. The number of rotatable bonds is 2. The summed E-state index contributed by atoms with van der Waals surface area (Å²) in [6.07, 6.45) is 7.44. The molecule has 0 N–H and O–H groups in total. The van der Waals surface area contributed by atoms with Crippen LogP contribution in [0.15, 0.2) is 85.1 Å². The maximum absolute atomic E-state index is 2.57. The second-order valence-corrected chi connectivity index (χ2v) is 15.3. The van der Waals surface area contributed by atoms with E-state index in [-0.39, 0.29) is 5.41 Å². The maximum atomic E-state index is 2.57. The first-order chi connectivity index (χ1) is 16.4. The Balaban J connectivity index is 1.55. The first kappa shape index (κ1) is 21.6. The minimum absolute atomic E-state index is 0.197. The van der Waals surface area contributed by atoms with E-state index in [1.165, 1.54) is 53.6 Å². The van der Waals surface area contributed by atoms with Crippen molar-refractivity contribution in [1.29, 1.82) is 0 Å². The van der Waals surface area contributed by atoms with Crippen LogP contribution in [0.4, 0.5) is 0 Å². The molecule has 1 spiro atoms. The fraction of sp³-hybridized carbons (Fsp3) is 0.281. The Morgan fingerprint density at radius 2 is 1.41 bits per heavy atom. The molecule has 4 aromatic rings. The van der Waals surface area contributed by atoms with Crippen LogP contribution in [0.5, 0.6) is 0 Å². The van der Waals surface area contributed by atoms with Gasteiger partial charge in [0.15, 0.2) is 6.20 Å². The van der Waals surface area contributed by atoms with Crippen LogP contribution in [0.2, 0.25) is 13.1 Å². The molecule has 170 valence electrons. The summed E-state index contributed by atoms with van der Waals surface area (Å²) in [6, 6.07) is 30.2. The summed E-state index contributed by atoms with van der Waals surface area (Å²) in [4.78, 5) is 0. The van der Waals surface area contributed by atoms with Crippen molar-refractivity contribution in [3.8, 4) is 22.4 Å². The third-order valence-electron chi connectivity index (χ3n) is 8.69. The zero-order valence-corrected chi connectivity index (χ0v) is 21.9. The van der Waals surface area contributed by atoms with Gasteiger partial charge in [-0.3, -0.25) is 0 Å². The molecule has 0 amide bonds. The minimum Gasteiger partial charge on any atom is -0.201 e. The predicted octanol–water partition coefficient (Wildman–Crippen LogP) is 6.15. The molecule has 0 saturated heterocycles. The van der Waals surface area contributed by atoms with Gasteiger partial charge in [-0.25, -0.2) is 4.57 Å². The van der Waals surface area contributed by atoms with Gasteiger partial charge in [0.1, 0.15) is 15.1 Å². The fourth-order valence-corrected chi connectivity index (χ4v) is 10.1. The van der Waals surface area contributed by atoms with Crippen molar-refractivity contribution in [2.45, 2.75) is 51.1 Å². The SMILES string of the molecule is Cc1ccccc1-c1cc(-c2ccc3c(c2)C2(CCCC2)c2ccccc2[Si]3(C)C)cc[n+]1C. The fourth-order valence-electron chi connectivity index (χ4n) is 6.79. The number of benzene rings is 3.